The molecule has 2 N–H and O–H groups in total. The molecule has 3 rings (SSSR count). The Hall–Kier alpha value is -3.06. The average molecular weight is 473 g/mol. The number of fused-ring (bicyclic) bond motifs is 1. The zero-order valence-electron chi connectivity index (χ0n) is 19.2. The zero-order valence-corrected chi connectivity index (χ0v) is 20.0. The molecule has 1 aliphatic heterocycles. The van der Waals surface area contributed by atoms with Crippen LogP contribution in [0.2, 0.25) is 5.02 Å². The molecule has 7 nitrogen and oxygen atoms in total. The molecule has 0 saturated heterocycles. The third-order valence-electron chi connectivity index (χ3n) is 5.16. The summed E-state index contributed by atoms with van der Waals surface area (Å²) in [5.74, 6) is -0.177. The molecule has 2 aromatic rings. The van der Waals surface area contributed by atoms with Crippen LogP contribution in [0.3, 0.4) is 0 Å². The summed E-state index contributed by atoms with van der Waals surface area (Å²) < 4.78 is 11.2. The molecule has 1 heterocycles. The largest absolute Gasteiger partial charge is 0.492 e. The molecule has 0 radical (unpaired) electrons. The molecule has 0 aliphatic carbocycles. The highest BCUT2D eigenvalue weighted by Crippen LogP contribution is 2.35. The van der Waals surface area contributed by atoms with Gasteiger partial charge < -0.3 is 20.1 Å². The molecule has 2 atom stereocenters. The Morgan fingerprint density at radius 3 is 2.48 bits per heavy atom. The van der Waals surface area contributed by atoms with Crippen LogP contribution in [0.5, 0.6) is 5.75 Å². The van der Waals surface area contributed by atoms with Gasteiger partial charge in [0.2, 0.25) is 0 Å². The number of Topliss-reactive ketones (excluding diaryl/α,β-unsaturated/α-hetero) is 1. The predicted octanol–water partition coefficient (Wildman–Crippen LogP) is 4.62. The molecule has 0 spiro atoms. The lowest BCUT2D eigenvalue weighted by Gasteiger charge is -2.29. The fourth-order valence-electron chi connectivity index (χ4n) is 3.59. The van der Waals surface area contributed by atoms with Crippen LogP contribution >= 0.6 is 11.6 Å². The van der Waals surface area contributed by atoms with E-state index in [1.807, 2.05) is 18.2 Å². The number of para-hydroxylation sites is 1. The van der Waals surface area contributed by atoms with Crippen molar-refractivity contribution < 1.29 is 23.9 Å². The number of rotatable bonds is 6. The van der Waals surface area contributed by atoms with E-state index in [1.165, 1.54) is 6.92 Å². The Morgan fingerprint density at radius 2 is 1.85 bits per heavy atom. The van der Waals surface area contributed by atoms with Gasteiger partial charge in [0.25, 0.3) is 5.91 Å². The molecular formula is C25H29ClN2O5. The number of hydrogen-bond donors (Lipinski definition) is 2. The standard InChI is InChI=1S/C25H29ClN2O5/c1-15(29)21(14-16-8-10-17(26)11-9-16)27-23(30)19-7-5-6-18-20(12-13-32-22(18)19)28-24(31)33-25(2,3)4/h5-11,20-21H,12-14H2,1-4H3,(H,27,30)(H,28,31). The maximum absolute atomic E-state index is 13.1. The third-order valence-corrected chi connectivity index (χ3v) is 5.41. The summed E-state index contributed by atoms with van der Waals surface area (Å²) in [6.45, 7) is 7.16. The van der Waals surface area contributed by atoms with Gasteiger partial charge in [-0.1, -0.05) is 35.9 Å². The van der Waals surface area contributed by atoms with Crippen LogP contribution < -0.4 is 15.4 Å². The van der Waals surface area contributed by atoms with Crippen molar-refractivity contribution in [1.29, 1.82) is 0 Å². The number of benzene rings is 2. The second kappa shape index (κ2) is 10.3. The maximum atomic E-state index is 13.1. The van der Waals surface area contributed by atoms with Gasteiger partial charge in [-0.3, -0.25) is 9.59 Å². The van der Waals surface area contributed by atoms with Gasteiger partial charge in [0.1, 0.15) is 11.4 Å². The smallest absolute Gasteiger partial charge is 0.408 e. The molecule has 2 unspecified atom stereocenters. The third kappa shape index (κ3) is 6.71. The molecule has 0 bridgehead atoms. The van der Waals surface area contributed by atoms with Crippen LogP contribution in [0.1, 0.15) is 61.6 Å². The first kappa shape index (κ1) is 24.6. The van der Waals surface area contributed by atoms with E-state index < -0.39 is 23.6 Å². The Labute approximate surface area is 198 Å². The Morgan fingerprint density at radius 1 is 1.15 bits per heavy atom. The normalized spacial score (nSPS) is 16.1. The summed E-state index contributed by atoms with van der Waals surface area (Å²) in [6, 6.07) is 11.3. The van der Waals surface area contributed by atoms with Gasteiger partial charge in [0, 0.05) is 17.0 Å². The summed E-state index contributed by atoms with van der Waals surface area (Å²) in [6.07, 6.45) is 0.357. The van der Waals surface area contributed by atoms with E-state index in [2.05, 4.69) is 10.6 Å². The van der Waals surface area contributed by atoms with Crippen molar-refractivity contribution in [3.05, 3.63) is 64.2 Å². The summed E-state index contributed by atoms with van der Waals surface area (Å²) in [5.41, 5.74) is 1.27. The second-order valence-electron chi connectivity index (χ2n) is 9.03. The van der Waals surface area contributed by atoms with Gasteiger partial charge in [0.15, 0.2) is 5.78 Å². The summed E-state index contributed by atoms with van der Waals surface area (Å²) >= 11 is 5.93. The number of amides is 2. The van der Waals surface area contributed by atoms with Crippen molar-refractivity contribution in [3.63, 3.8) is 0 Å². The highest BCUT2D eigenvalue weighted by molar-refractivity contribution is 6.30. The predicted molar refractivity (Wildman–Crippen MR) is 126 cm³/mol. The van der Waals surface area contributed by atoms with Crippen molar-refractivity contribution in [2.45, 2.75) is 58.2 Å². The highest BCUT2D eigenvalue weighted by atomic mass is 35.5. The van der Waals surface area contributed by atoms with Crippen LogP contribution in [0.4, 0.5) is 4.79 Å². The van der Waals surface area contributed by atoms with Gasteiger partial charge >= 0.3 is 6.09 Å². The minimum atomic E-state index is -0.700. The lowest BCUT2D eigenvalue weighted by atomic mass is 9.96. The van der Waals surface area contributed by atoms with Gasteiger partial charge in [-0.25, -0.2) is 4.79 Å². The quantitative estimate of drug-likeness (QED) is 0.639. The first-order chi connectivity index (χ1) is 15.5. The number of ether oxygens (including phenoxy) is 2. The lowest BCUT2D eigenvalue weighted by Crippen LogP contribution is -2.42. The number of ketones is 1. The minimum absolute atomic E-state index is 0.159. The van der Waals surface area contributed by atoms with Crippen molar-refractivity contribution in [2.75, 3.05) is 6.61 Å². The molecule has 8 heteroatoms. The Balaban J connectivity index is 1.77. The maximum Gasteiger partial charge on any atom is 0.408 e. The molecule has 33 heavy (non-hydrogen) atoms. The van der Waals surface area contributed by atoms with Crippen molar-refractivity contribution >= 4 is 29.4 Å². The number of halogens is 1. The van der Waals surface area contributed by atoms with E-state index in [-0.39, 0.29) is 11.8 Å². The summed E-state index contributed by atoms with van der Waals surface area (Å²) in [7, 11) is 0. The molecule has 1 aliphatic rings. The molecule has 176 valence electrons. The number of carbonyl (C=O) groups excluding carboxylic acids is 3. The van der Waals surface area contributed by atoms with Gasteiger partial charge in [-0.05, 0) is 57.9 Å². The van der Waals surface area contributed by atoms with Crippen molar-refractivity contribution in [2.24, 2.45) is 0 Å². The Kier molecular flexibility index (Phi) is 7.64. The molecule has 0 saturated carbocycles. The van der Waals surface area contributed by atoms with Crippen LogP contribution in [-0.4, -0.2) is 36.0 Å². The number of hydrogen-bond acceptors (Lipinski definition) is 5. The van der Waals surface area contributed by atoms with E-state index in [4.69, 9.17) is 21.1 Å². The average Bonchev–Trinajstić information content (AvgIpc) is 2.73. The minimum Gasteiger partial charge on any atom is -0.492 e. The van der Waals surface area contributed by atoms with E-state index in [1.54, 1.807) is 45.0 Å². The molecule has 2 aromatic carbocycles. The van der Waals surface area contributed by atoms with Crippen molar-refractivity contribution in [1.82, 2.24) is 10.6 Å². The fourth-order valence-corrected chi connectivity index (χ4v) is 3.72. The molecule has 2 amide bonds. The van der Waals surface area contributed by atoms with Crippen LogP contribution in [0.15, 0.2) is 42.5 Å². The van der Waals surface area contributed by atoms with Crippen LogP contribution in [0.25, 0.3) is 0 Å². The van der Waals surface area contributed by atoms with Crippen molar-refractivity contribution in [3.8, 4) is 5.75 Å². The summed E-state index contributed by atoms with van der Waals surface area (Å²) in [5, 5.41) is 6.28. The lowest BCUT2D eigenvalue weighted by molar-refractivity contribution is -0.118. The van der Waals surface area contributed by atoms with E-state index in [0.29, 0.717) is 41.3 Å². The number of carbonyl (C=O) groups is 3. The fraction of sp³-hybridized carbons (Fsp3) is 0.400. The Bertz CT molecular complexity index is 1030. The van der Waals surface area contributed by atoms with Gasteiger partial charge in [-0.15, -0.1) is 0 Å². The zero-order chi connectivity index (χ0) is 24.2. The van der Waals surface area contributed by atoms with E-state index >= 15 is 0 Å². The SMILES string of the molecule is CC(=O)C(Cc1ccc(Cl)cc1)NC(=O)c1cccc2c1OCCC2NC(=O)OC(C)(C)C. The number of nitrogens with one attached hydrogen (secondary N) is 2. The van der Waals surface area contributed by atoms with Crippen LogP contribution in [0, 0.1) is 0 Å². The monoisotopic (exact) mass is 472 g/mol. The van der Waals surface area contributed by atoms with Gasteiger partial charge in [-0.2, -0.15) is 0 Å². The highest BCUT2D eigenvalue weighted by Gasteiger charge is 2.29. The number of alkyl carbamates (subject to hydrolysis) is 1. The van der Waals surface area contributed by atoms with Gasteiger partial charge in [0.05, 0.1) is 24.3 Å². The van der Waals surface area contributed by atoms with E-state index in [0.717, 1.165) is 5.56 Å². The summed E-state index contributed by atoms with van der Waals surface area (Å²) in [4.78, 5) is 37.6. The van der Waals surface area contributed by atoms with E-state index in [9.17, 15) is 14.4 Å². The first-order valence-corrected chi connectivity index (χ1v) is 11.2. The molecule has 0 fully saturated rings. The molecular weight excluding hydrogens is 444 g/mol. The first-order valence-electron chi connectivity index (χ1n) is 10.8. The second-order valence-corrected chi connectivity index (χ2v) is 9.46. The topological polar surface area (TPSA) is 93.7 Å². The molecule has 0 aromatic heterocycles. The van der Waals surface area contributed by atoms with Crippen LogP contribution in [-0.2, 0) is 16.0 Å².